The third-order valence-electron chi connectivity index (χ3n) is 4.89. The van der Waals surface area contributed by atoms with Gasteiger partial charge in [0, 0.05) is 12.7 Å². The van der Waals surface area contributed by atoms with Gasteiger partial charge in [0.25, 0.3) is 0 Å². The Morgan fingerprint density at radius 1 is 1.06 bits per heavy atom. The van der Waals surface area contributed by atoms with Crippen molar-refractivity contribution in [1.82, 2.24) is 0 Å². The summed E-state index contributed by atoms with van der Waals surface area (Å²) in [5.41, 5.74) is 4.95. The van der Waals surface area contributed by atoms with Gasteiger partial charge in [0.2, 0.25) is 6.41 Å². The highest BCUT2D eigenvalue weighted by Gasteiger charge is 2.34. The van der Waals surface area contributed by atoms with Gasteiger partial charge in [-0.3, -0.25) is 4.79 Å². The van der Waals surface area contributed by atoms with Crippen LogP contribution in [-0.2, 0) is 11.0 Å². The molecule has 210 valence electrons. The molecule has 0 heterocycles. The zero-order valence-electron chi connectivity index (χ0n) is 24.3. The normalized spacial score (nSPS) is 12.6. The molecule has 0 bridgehead atoms. The van der Waals surface area contributed by atoms with E-state index in [0.29, 0.717) is 11.1 Å². The van der Waals surface area contributed by atoms with Gasteiger partial charge in [-0.15, -0.1) is 8.58 Å². The van der Waals surface area contributed by atoms with E-state index < -0.39 is 11.7 Å². The molecular weight excluding hydrogens is 468 g/mol. The third-order valence-corrected chi connectivity index (χ3v) is 6.09. The van der Waals surface area contributed by atoms with Crippen LogP contribution < -0.4 is 11.1 Å². The molecule has 1 saturated carbocycles. The van der Waals surface area contributed by atoms with Crippen LogP contribution in [0.5, 0.6) is 0 Å². The van der Waals surface area contributed by atoms with E-state index in [1.165, 1.54) is 72.9 Å². The maximum absolute atomic E-state index is 12.6. The first-order valence-electron chi connectivity index (χ1n) is 13.3. The zero-order valence-corrected chi connectivity index (χ0v) is 25.3. The predicted octanol–water partition coefficient (Wildman–Crippen LogP) is 9.59. The van der Waals surface area contributed by atoms with Gasteiger partial charge in [-0.2, -0.15) is 13.2 Å². The monoisotopic (exact) mass is 524 g/mol. The minimum atomic E-state index is -4.30. The molecule has 0 saturated heterocycles. The molecule has 1 atom stereocenters. The van der Waals surface area contributed by atoms with Gasteiger partial charge in [-0.1, -0.05) is 98.6 Å². The molecule has 1 aliphatic carbocycles. The van der Waals surface area contributed by atoms with Crippen molar-refractivity contribution in [3.8, 4) is 0 Å². The lowest BCUT2D eigenvalue weighted by Crippen LogP contribution is -2.10. The van der Waals surface area contributed by atoms with Gasteiger partial charge in [0.15, 0.2) is 0 Å². The molecule has 1 aliphatic rings. The smallest absolute Gasteiger partial charge is 0.387 e. The SMILES string of the molecule is CC.CC.CC1CCCCC1.CCCCPCC.CNc1c(C)cc(C)cc1C(F)(F)F.NC=O. The van der Waals surface area contributed by atoms with Gasteiger partial charge in [-0.05, 0) is 50.1 Å². The summed E-state index contributed by atoms with van der Waals surface area (Å²) in [5, 5.41) is 2.58. The standard InChI is InChI=1S/C10H12F3N.C7H14.C6H15P.2C2H6.CH3NO/c1-6-4-7(2)9(14-3)8(5-6)10(11,12)13;1-7-5-3-2-4-6-7;1-3-5-6-7-4-2;2*1-2;2-1-3/h4-5,14H,1-3H3;7H,2-6H2,1H3;7H,3-6H2,1-2H3;2*1-2H3;1H,(H2,2,3). The number of hydrogen-bond donors (Lipinski definition) is 2. The highest BCUT2D eigenvalue weighted by Crippen LogP contribution is 2.37. The number of amides is 1. The molecule has 1 unspecified atom stereocenters. The third kappa shape index (κ3) is 25.6. The van der Waals surface area contributed by atoms with Crippen LogP contribution in [0.15, 0.2) is 12.1 Å². The Hall–Kier alpha value is -1.29. The van der Waals surface area contributed by atoms with E-state index in [9.17, 15) is 13.2 Å². The second kappa shape index (κ2) is 28.9. The van der Waals surface area contributed by atoms with Gasteiger partial charge >= 0.3 is 6.18 Å². The topological polar surface area (TPSA) is 55.1 Å². The van der Waals surface area contributed by atoms with Gasteiger partial charge < -0.3 is 11.1 Å². The van der Waals surface area contributed by atoms with Crippen LogP contribution in [0.3, 0.4) is 0 Å². The Labute approximate surface area is 217 Å². The van der Waals surface area contributed by atoms with E-state index in [0.717, 1.165) is 12.0 Å². The van der Waals surface area contributed by atoms with Crippen molar-refractivity contribution < 1.29 is 18.0 Å². The molecule has 0 radical (unpaired) electrons. The molecular formula is C28H56F3N2OP. The molecule has 0 spiro atoms. The summed E-state index contributed by atoms with van der Waals surface area (Å²) in [4.78, 5) is 8.58. The molecule has 3 nitrogen and oxygen atoms in total. The van der Waals surface area contributed by atoms with Crippen molar-refractivity contribution >= 4 is 20.7 Å². The Morgan fingerprint density at radius 3 is 1.86 bits per heavy atom. The van der Waals surface area contributed by atoms with Crippen LogP contribution in [0.2, 0.25) is 0 Å². The molecule has 1 fully saturated rings. The molecule has 2 rings (SSSR count). The number of primary amides is 1. The quantitative estimate of drug-likeness (QED) is 0.229. The number of anilines is 1. The first-order chi connectivity index (χ1) is 16.6. The van der Waals surface area contributed by atoms with Crippen LogP contribution in [0.1, 0.15) is 110 Å². The predicted molar refractivity (Wildman–Crippen MR) is 154 cm³/mol. The summed E-state index contributed by atoms with van der Waals surface area (Å²) in [6, 6.07) is 2.87. The van der Waals surface area contributed by atoms with E-state index >= 15 is 0 Å². The molecule has 3 N–H and O–H groups in total. The number of carbonyl (C=O) groups excluding carboxylic acids is 1. The van der Waals surface area contributed by atoms with Gasteiger partial charge in [-0.25, -0.2) is 0 Å². The molecule has 35 heavy (non-hydrogen) atoms. The van der Waals surface area contributed by atoms with E-state index in [4.69, 9.17) is 4.79 Å². The molecule has 7 heteroatoms. The highest BCUT2D eigenvalue weighted by atomic mass is 31.1. The number of nitrogens with one attached hydrogen (secondary N) is 1. The first-order valence-corrected chi connectivity index (χ1v) is 14.7. The lowest BCUT2D eigenvalue weighted by Gasteiger charge is -2.15. The molecule has 1 aromatic rings. The van der Waals surface area contributed by atoms with Gasteiger partial charge in [0.05, 0.1) is 5.56 Å². The van der Waals surface area contributed by atoms with Crippen LogP contribution in [0, 0.1) is 19.8 Å². The van der Waals surface area contributed by atoms with Crippen LogP contribution in [-0.4, -0.2) is 25.8 Å². The van der Waals surface area contributed by atoms with Crippen molar-refractivity contribution in [3.63, 3.8) is 0 Å². The maximum Gasteiger partial charge on any atom is 0.418 e. The van der Waals surface area contributed by atoms with Crippen molar-refractivity contribution in [2.24, 2.45) is 11.7 Å². The summed E-state index contributed by atoms with van der Waals surface area (Å²) in [5.74, 6) is 1.04. The fourth-order valence-electron chi connectivity index (χ4n) is 3.31. The summed E-state index contributed by atoms with van der Waals surface area (Å²) >= 11 is 0. The first kappa shape index (κ1) is 40.9. The average molecular weight is 525 g/mol. The highest BCUT2D eigenvalue weighted by molar-refractivity contribution is 7.37. The summed E-state index contributed by atoms with van der Waals surface area (Å²) < 4.78 is 37.7. The Bertz CT molecular complexity index is 572. The van der Waals surface area contributed by atoms with Crippen molar-refractivity contribution in [3.05, 3.63) is 28.8 Å². The number of rotatable bonds is 5. The van der Waals surface area contributed by atoms with Crippen LogP contribution in [0.4, 0.5) is 18.9 Å². The second-order valence-corrected chi connectivity index (χ2v) is 9.55. The van der Waals surface area contributed by atoms with Gasteiger partial charge in [0.1, 0.15) is 0 Å². The van der Waals surface area contributed by atoms with Crippen molar-refractivity contribution in [2.45, 2.75) is 113 Å². The minimum absolute atomic E-state index is 0.156. The number of nitrogens with two attached hydrogens (primary N) is 1. The maximum atomic E-state index is 12.6. The van der Waals surface area contributed by atoms with Crippen LogP contribution in [0.25, 0.3) is 0 Å². The number of benzene rings is 1. The Morgan fingerprint density at radius 2 is 1.54 bits per heavy atom. The van der Waals surface area contributed by atoms with E-state index in [1.807, 2.05) is 27.7 Å². The van der Waals surface area contributed by atoms with E-state index in [-0.39, 0.29) is 12.1 Å². The lowest BCUT2D eigenvalue weighted by atomic mass is 9.91. The molecule has 1 aromatic carbocycles. The van der Waals surface area contributed by atoms with Crippen molar-refractivity contribution in [2.75, 3.05) is 24.7 Å². The number of unbranched alkanes of at least 4 members (excludes halogenated alkanes) is 1. The minimum Gasteiger partial charge on any atom is -0.387 e. The number of alkyl halides is 3. The largest absolute Gasteiger partial charge is 0.418 e. The molecule has 1 amide bonds. The molecule has 0 aliphatic heterocycles. The number of hydrogen-bond acceptors (Lipinski definition) is 2. The number of halogens is 3. The fourth-order valence-corrected chi connectivity index (χ4v) is 4.27. The molecule has 0 aromatic heterocycles. The Kier molecular flexibility index (Phi) is 33.8. The summed E-state index contributed by atoms with van der Waals surface area (Å²) in [6.45, 7) is 18.2. The van der Waals surface area contributed by atoms with Crippen molar-refractivity contribution in [1.29, 1.82) is 0 Å². The summed E-state index contributed by atoms with van der Waals surface area (Å²) in [6.07, 6.45) is 9.05. The average Bonchev–Trinajstić information content (AvgIpc) is 2.83. The fraction of sp³-hybridized carbons (Fsp3) is 0.750. The Balaban J connectivity index is -0.000000194. The number of aryl methyl sites for hydroxylation is 2. The lowest BCUT2D eigenvalue weighted by molar-refractivity contribution is -0.137. The van der Waals surface area contributed by atoms with E-state index in [1.54, 1.807) is 19.9 Å². The summed E-state index contributed by atoms with van der Waals surface area (Å²) in [7, 11) is 2.71. The van der Waals surface area contributed by atoms with E-state index in [2.05, 4.69) is 31.8 Å². The zero-order chi connectivity index (χ0) is 28.3. The number of carbonyl (C=O) groups is 1. The second-order valence-electron chi connectivity index (χ2n) is 7.84. The van der Waals surface area contributed by atoms with Crippen LogP contribution >= 0.6 is 8.58 Å².